The highest BCUT2D eigenvalue weighted by molar-refractivity contribution is 5.98. The molecule has 0 N–H and O–H groups in total. The van der Waals surface area contributed by atoms with E-state index in [1.54, 1.807) is 12.1 Å². The Bertz CT molecular complexity index is 538. The van der Waals surface area contributed by atoms with E-state index in [4.69, 9.17) is 0 Å². The molecule has 0 unspecified atom stereocenters. The average Bonchev–Trinajstić information content (AvgIpc) is 2.28. The van der Waals surface area contributed by atoms with Gasteiger partial charge in [0.05, 0.1) is 11.4 Å². The zero-order chi connectivity index (χ0) is 13.1. The van der Waals surface area contributed by atoms with Crippen LogP contribution in [0, 0.1) is 11.6 Å². The Morgan fingerprint density at radius 1 is 0.944 bits per heavy atom. The van der Waals surface area contributed by atoms with Gasteiger partial charge in [-0.15, -0.1) is 0 Å². The van der Waals surface area contributed by atoms with Crippen molar-refractivity contribution in [3.05, 3.63) is 60.2 Å². The van der Waals surface area contributed by atoms with Gasteiger partial charge in [-0.25, -0.2) is 8.78 Å². The lowest BCUT2D eigenvalue weighted by atomic mass is 10.2. The van der Waals surface area contributed by atoms with Crippen LogP contribution >= 0.6 is 0 Å². The molecule has 2 nitrogen and oxygen atoms in total. The van der Waals surface area contributed by atoms with Crippen LogP contribution < -0.4 is 4.90 Å². The summed E-state index contributed by atoms with van der Waals surface area (Å²) in [6.07, 6.45) is 0. The Balaban J connectivity index is 2.50. The Kier molecular flexibility index (Phi) is 3.37. The van der Waals surface area contributed by atoms with Crippen LogP contribution in [0.5, 0.6) is 0 Å². The van der Waals surface area contributed by atoms with Crippen molar-refractivity contribution in [2.75, 3.05) is 4.90 Å². The van der Waals surface area contributed by atoms with E-state index in [2.05, 4.69) is 0 Å². The molecule has 18 heavy (non-hydrogen) atoms. The minimum atomic E-state index is -0.449. The summed E-state index contributed by atoms with van der Waals surface area (Å²) in [6.45, 7) is 1.34. The molecule has 0 bridgehead atoms. The maximum Gasteiger partial charge on any atom is 0.228 e. The highest BCUT2D eigenvalue weighted by Gasteiger charge is 2.14. The van der Waals surface area contributed by atoms with Crippen LogP contribution in [0.2, 0.25) is 0 Å². The third-order valence-corrected chi connectivity index (χ3v) is 2.45. The highest BCUT2D eigenvalue weighted by Crippen LogP contribution is 2.26. The first-order chi connectivity index (χ1) is 8.58. The minimum Gasteiger partial charge on any atom is -0.281 e. The largest absolute Gasteiger partial charge is 0.281 e. The number of hydrogen-bond acceptors (Lipinski definition) is 1. The first kappa shape index (κ1) is 12.2. The topological polar surface area (TPSA) is 20.3 Å². The van der Waals surface area contributed by atoms with Crippen molar-refractivity contribution in [2.45, 2.75) is 6.92 Å². The molecule has 0 atom stereocenters. The van der Waals surface area contributed by atoms with Gasteiger partial charge in [0, 0.05) is 6.92 Å². The van der Waals surface area contributed by atoms with E-state index < -0.39 is 11.6 Å². The Morgan fingerprint density at radius 2 is 1.39 bits per heavy atom. The number of nitrogens with zero attached hydrogens (tertiary/aromatic N) is 1. The second-order valence-electron chi connectivity index (χ2n) is 3.81. The van der Waals surface area contributed by atoms with Gasteiger partial charge < -0.3 is 0 Å². The molecule has 0 fully saturated rings. The third kappa shape index (κ3) is 2.53. The summed E-state index contributed by atoms with van der Waals surface area (Å²) in [7, 11) is 0. The predicted octanol–water partition coefficient (Wildman–Crippen LogP) is 3.65. The van der Waals surface area contributed by atoms with Crippen molar-refractivity contribution in [1.82, 2.24) is 0 Å². The van der Waals surface area contributed by atoms with Crippen LogP contribution in [0.3, 0.4) is 0 Å². The Labute approximate surface area is 103 Å². The van der Waals surface area contributed by atoms with Crippen molar-refractivity contribution in [2.24, 2.45) is 0 Å². The number of halogens is 2. The van der Waals surface area contributed by atoms with E-state index >= 15 is 0 Å². The van der Waals surface area contributed by atoms with Crippen molar-refractivity contribution < 1.29 is 13.6 Å². The molecule has 0 aliphatic heterocycles. The van der Waals surface area contributed by atoms with Gasteiger partial charge in [0.25, 0.3) is 0 Å². The van der Waals surface area contributed by atoms with E-state index in [1.165, 1.54) is 48.2 Å². The van der Waals surface area contributed by atoms with Crippen LogP contribution in [0.15, 0.2) is 48.5 Å². The number of hydrogen-bond donors (Lipinski definition) is 0. The van der Waals surface area contributed by atoms with Gasteiger partial charge in [-0.3, -0.25) is 9.69 Å². The SMILES string of the molecule is CC(=O)N(c1cccc(F)c1)c1cccc(F)c1. The lowest BCUT2D eigenvalue weighted by Gasteiger charge is -2.21. The van der Waals surface area contributed by atoms with Crippen LogP contribution in [-0.2, 0) is 4.79 Å². The Morgan fingerprint density at radius 3 is 1.72 bits per heavy atom. The van der Waals surface area contributed by atoms with Gasteiger partial charge in [-0.05, 0) is 36.4 Å². The van der Waals surface area contributed by atoms with Gasteiger partial charge in [0.1, 0.15) is 11.6 Å². The number of benzene rings is 2. The summed E-state index contributed by atoms with van der Waals surface area (Å²) in [5, 5.41) is 0. The second kappa shape index (κ2) is 4.96. The zero-order valence-corrected chi connectivity index (χ0v) is 9.73. The molecule has 0 heterocycles. The number of amides is 1. The van der Waals surface area contributed by atoms with Gasteiger partial charge in [-0.2, -0.15) is 0 Å². The minimum absolute atomic E-state index is 0.314. The molecular formula is C14H11F2NO. The molecule has 2 aromatic carbocycles. The lowest BCUT2D eigenvalue weighted by molar-refractivity contribution is -0.115. The summed E-state index contributed by atoms with van der Waals surface area (Å²) in [6, 6.07) is 11.2. The normalized spacial score (nSPS) is 10.2. The molecule has 4 heteroatoms. The molecule has 0 saturated carbocycles. The predicted molar refractivity (Wildman–Crippen MR) is 65.6 cm³/mol. The molecule has 1 amide bonds. The molecule has 2 rings (SSSR count). The number of carbonyl (C=O) groups excluding carboxylic acids is 1. The fraction of sp³-hybridized carbons (Fsp3) is 0.0714. The summed E-state index contributed by atoms with van der Waals surface area (Å²) in [4.78, 5) is 12.9. The van der Waals surface area contributed by atoms with Gasteiger partial charge in [0.2, 0.25) is 5.91 Å². The maximum atomic E-state index is 13.2. The summed E-state index contributed by atoms with van der Waals surface area (Å²) >= 11 is 0. The van der Waals surface area contributed by atoms with E-state index in [1.807, 2.05) is 0 Å². The molecule has 0 aromatic heterocycles. The maximum absolute atomic E-state index is 13.2. The summed E-state index contributed by atoms with van der Waals surface area (Å²) < 4.78 is 26.3. The lowest BCUT2D eigenvalue weighted by Crippen LogP contribution is -2.22. The summed E-state index contributed by atoms with van der Waals surface area (Å²) in [5.74, 6) is -1.21. The van der Waals surface area contributed by atoms with Crippen molar-refractivity contribution in [1.29, 1.82) is 0 Å². The van der Waals surface area contributed by atoms with Gasteiger partial charge in [-0.1, -0.05) is 12.1 Å². The molecule has 0 aliphatic carbocycles. The van der Waals surface area contributed by atoms with Crippen LogP contribution in [0.1, 0.15) is 6.92 Å². The van der Waals surface area contributed by atoms with Crippen LogP contribution in [-0.4, -0.2) is 5.91 Å². The molecule has 0 radical (unpaired) electrons. The first-order valence-corrected chi connectivity index (χ1v) is 5.40. The van der Waals surface area contributed by atoms with E-state index in [0.29, 0.717) is 11.4 Å². The standard InChI is InChI=1S/C14H11F2NO/c1-10(18)17(13-6-2-4-11(15)8-13)14-7-3-5-12(16)9-14/h2-9H,1H3. The smallest absolute Gasteiger partial charge is 0.228 e. The molecule has 0 aliphatic rings. The zero-order valence-electron chi connectivity index (χ0n) is 9.73. The van der Waals surface area contributed by atoms with Crippen molar-refractivity contribution in [3.63, 3.8) is 0 Å². The third-order valence-electron chi connectivity index (χ3n) is 2.45. The van der Waals surface area contributed by atoms with E-state index in [0.717, 1.165) is 0 Å². The van der Waals surface area contributed by atoms with Crippen LogP contribution in [0.25, 0.3) is 0 Å². The van der Waals surface area contributed by atoms with Gasteiger partial charge >= 0.3 is 0 Å². The fourth-order valence-corrected chi connectivity index (χ4v) is 1.74. The molecular weight excluding hydrogens is 236 g/mol. The first-order valence-electron chi connectivity index (χ1n) is 5.40. The van der Waals surface area contributed by atoms with E-state index in [9.17, 15) is 13.6 Å². The molecule has 0 spiro atoms. The highest BCUT2D eigenvalue weighted by atomic mass is 19.1. The second-order valence-corrected chi connectivity index (χ2v) is 3.81. The van der Waals surface area contributed by atoms with Crippen molar-refractivity contribution in [3.8, 4) is 0 Å². The van der Waals surface area contributed by atoms with Crippen LogP contribution in [0.4, 0.5) is 20.2 Å². The Hall–Kier alpha value is -2.23. The number of anilines is 2. The number of rotatable bonds is 2. The van der Waals surface area contributed by atoms with Gasteiger partial charge in [0.15, 0.2) is 0 Å². The van der Waals surface area contributed by atoms with E-state index in [-0.39, 0.29) is 5.91 Å². The molecule has 0 saturated heterocycles. The quantitative estimate of drug-likeness (QED) is 0.793. The molecule has 2 aromatic rings. The number of carbonyl (C=O) groups is 1. The molecule has 92 valence electrons. The monoisotopic (exact) mass is 247 g/mol. The average molecular weight is 247 g/mol. The summed E-state index contributed by atoms with van der Waals surface area (Å²) in [5.41, 5.74) is 0.737. The van der Waals surface area contributed by atoms with Crippen molar-refractivity contribution >= 4 is 17.3 Å². The fourth-order valence-electron chi connectivity index (χ4n) is 1.74.